The van der Waals surface area contributed by atoms with E-state index in [9.17, 15) is 5.11 Å². The van der Waals surface area contributed by atoms with E-state index in [1.165, 1.54) is 0 Å². The van der Waals surface area contributed by atoms with Gasteiger partial charge in [0.1, 0.15) is 6.23 Å². The predicted octanol–water partition coefficient (Wildman–Crippen LogP) is 3.00. The van der Waals surface area contributed by atoms with E-state index in [-0.39, 0.29) is 5.92 Å². The molecule has 106 valence electrons. The van der Waals surface area contributed by atoms with Crippen molar-refractivity contribution in [3.8, 4) is 0 Å². The summed E-state index contributed by atoms with van der Waals surface area (Å²) in [6, 6.07) is 0. The molecule has 0 saturated carbocycles. The molecule has 3 heteroatoms. The third-order valence-electron chi connectivity index (χ3n) is 2.86. The van der Waals surface area contributed by atoms with Gasteiger partial charge in [-0.3, -0.25) is 10.3 Å². The molecule has 0 bridgehead atoms. The Hall–Kier alpha value is -0.670. The van der Waals surface area contributed by atoms with Crippen molar-refractivity contribution in [2.45, 2.75) is 53.2 Å². The first-order chi connectivity index (χ1) is 8.52. The van der Waals surface area contributed by atoms with Gasteiger partial charge in [-0.05, 0) is 25.8 Å². The Morgan fingerprint density at radius 1 is 1.33 bits per heavy atom. The van der Waals surface area contributed by atoms with E-state index in [2.05, 4.69) is 50.2 Å². The van der Waals surface area contributed by atoms with Crippen LogP contribution in [-0.4, -0.2) is 30.6 Å². The fourth-order valence-electron chi connectivity index (χ4n) is 1.65. The molecule has 18 heavy (non-hydrogen) atoms. The summed E-state index contributed by atoms with van der Waals surface area (Å²) in [4.78, 5) is 4.53. The average Bonchev–Trinajstić information content (AvgIpc) is 2.33. The highest BCUT2D eigenvalue weighted by Gasteiger charge is 2.15. The van der Waals surface area contributed by atoms with Crippen LogP contribution < -0.4 is 5.32 Å². The molecular weight excluding hydrogens is 224 g/mol. The van der Waals surface area contributed by atoms with Gasteiger partial charge in [-0.25, -0.2) is 0 Å². The van der Waals surface area contributed by atoms with E-state index >= 15 is 0 Å². The number of hydrogen-bond acceptors (Lipinski definition) is 3. The Morgan fingerprint density at radius 3 is 2.50 bits per heavy atom. The number of nitrogens with one attached hydrogen (secondary N) is 1. The number of nitrogens with zero attached hydrogens (tertiary/aromatic N) is 1. The molecular formula is C15H30N2O. The first-order valence-electron chi connectivity index (χ1n) is 7.09. The van der Waals surface area contributed by atoms with Gasteiger partial charge in [-0.1, -0.05) is 46.3 Å². The van der Waals surface area contributed by atoms with Crippen molar-refractivity contribution in [3.63, 3.8) is 0 Å². The van der Waals surface area contributed by atoms with Gasteiger partial charge in [0.15, 0.2) is 0 Å². The Bertz CT molecular complexity index is 259. The summed E-state index contributed by atoms with van der Waals surface area (Å²) >= 11 is 0. The molecule has 2 atom stereocenters. The van der Waals surface area contributed by atoms with E-state index in [4.69, 9.17) is 0 Å². The van der Waals surface area contributed by atoms with Crippen LogP contribution >= 0.6 is 0 Å². The van der Waals surface area contributed by atoms with Gasteiger partial charge in [0, 0.05) is 12.5 Å². The zero-order chi connectivity index (χ0) is 14.0. The third kappa shape index (κ3) is 7.62. The summed E-state index contributed by atoms with van der Waals surface area (Å²) in [6.07, 6.45) is 6.97. The SMILES string of the molecule is CCCCN=C(C(O)NC)[C@@H](C)/C=C\CC(C)C. The molecule has 0 spiro atoms. The monoisotopic (exact) mass is 254 g/mol. The molecule has 2 N–H and O–H groups in total. The van der Waals surface area contributed by atoms with E-state index in [0.29, 0.717) is 5.92 Å². The maximum atomic E-state index is 9.92. The number of aliphatic hydroxyl groups excluding tert-OH is 1. The van der Waals surface area contributed by atoms with Gasteiger partial charge in [-0.15, -0.1) is 0 Å². The molecule has 0 heterocycles. The fourth-order valence-corrected chi connectivity index (χ4v) is 1.65. The molecule has 0 saturated heterocycles. The lowest BCUT2D eigenvalue weighted by Gasteiger charge is -2.17. The molecule has 0 aromatic carbocycles. The number of aliphatic hydroxyl groups is 1. The quantitative estimate of drug-likeness (QED) is 0.287. The van der Waals surface area contributed by atoms with Gasteiger partial charge in [0.25, 0.3) is 0 Å². The minimum Gasteiger partial charge on any atom is -0.373 e. The summed E-state index contributed by atoms with van der Waals surface area (Å²) < 4.78 is 0. The van der Waals surface area contributed by atoms with Crippen molar-refractivity contribution in [1.29, 1.82) is 0 Å². The van der Waals surface area contributed by atoms with Crippen LogP contribution in [-0.2, 0) is 0 Å². The Balaban J connectivity index is 4.53. The van der Waals surface area contributed by atoms with Crippen LogP contribution in [0.4, 0.5) is 0 Å². The summed E-state index contributed by atoms with van der Waals surface area (Å²) in [6.45, 7) is 9.44. The highest BCUT2D eigenvalue weighted by Crippen LogP contribution is 2.08. The molecule has 0 fully saturated rings. The molecule has 0 aliphatic heterocycles. The number of unbranched alkanes of at least 4 members (excludes halogenated alkanes) is 1. The van der Waals surface area contributed by atoms with E-state index in [0.717, 1.165) is 31.5 Å². The Morgan fingerprint density at radius 2 is 2.00 bits per heavy atom. The van der Waals surface area contributed by atoms with Crippen molar-refractivity contribution in [2.24, 2.45) is 16.8 Å². The second-order valence-corrected chi connectivity index (χ2v) is 5.20. The number of aliphatic imine (C=N–C) groups is 1. The lowest BCUT2D eigenvalue weighted by Crippen LogP contribution is -2.37. The molecule has 3 nitrogen and oxygen atoms in total. The third-order valence-corrected chi connectivity index (χ3v) is 2.86. The Labute approximate surface area is 112 Å². The minimum absolute atomic E-state index is 0.183. The zero-order valence-electron chi connectivity index (χ0n) is 12.6. The molecule has 0 aromatic heterocycles. The molecule has 0 aliphatic carbocycles. The van der Waals surface area contributed by atoms with Crippen molar-refractivity contribution in [2.75, 3.05) is 13.6 Å². The average molecular weight is 254 g/mol. The van der Waals surface area contributed by atoms with Crippen LogP contribution in [0.2, 0.25) is 0 Å². The summed E-state index contributed by atoms with van der Waals surface area (Å²) in [5.41, 5.74) is 0.839. The lowest BCUT2D eigenvalue weighted by atomic mass is 10.0. The first kappa shape index (κ1) is 17.3. The second kappa shape index (κ2) is 10.3. The van der Waals surface area contributed by atoms with Crippen LogP contribution in [0.1, 0.15) is 47.0 Å². The highest BCUT2D eigenvalue weighted by atomic mass is 16.3. The number of rotatable bonds is 9. The zero-order valence-corrected chi connectivity index (χ0v) is 12.6. The highest BCUT2D eigenvalue weighted by molar-refractivity contribution is 5.91. The van der Waals surface area contributed by atoms with Gasteiger partial charge in [0.2, 0.25) is 0 Å². The largest absolute Gasteiger partial charge is 0.373 e. The smallest absolute Gasteiger partial charge is 0.144 e. The van der Waals surface area contributed by atoms with Crippen molar-refractivity contribution in [1.82, 2.24) is 5.32 Å². The summed E-state index contributed by atoms with van der Waals surface area (Å²) in [7, 11) is 1.75. The van der Waals surface area contributed by atoms with Crippen molar-refractivity contribution in [3.05, 3.63) is 12.2 Å². The van der Waals surface area contributed by atoms with Crippen LogP contribution in [0, 0.1) is 11.8 Å². The first-order valence-corrected chi connectivity index (χ1v) is 7.09. The topological polar surface area (TPSA) is 44.6 Å². The fraction of sp³-hybridized carbons (Fsp3) is 0.800. The molecule has 0 radical (unpaired) electrons. The van der Waals surface area contributed by atoms with Crippen molar-refractivity contribution < 1.29 is 5.11 Å². The molecule has 1 unspecified atom stereocenters. The van der Waals surface area contributed by atoms with Gasteiger partial charge in [-0.2, -0.15) is 0 Å². The predicted molar refractivity (Wildman–Crippen MR) is 80.0 cm³/mol. The second-order valence-electron chi connectivity index (χ2n) is 5.20. The van der Waals surface area contributed by atoms with E-state index in [1.54, 1.807) is 7.05 Å². The summed E-state index contributed by atoms with van der Waals surface area (Å²) in [5, 5.41) is 12.8. The molecule has 0 aliphatic rings. The number of allylic oxidation sites excluding steroid dienone is 2. The van der Waals surface area contributed by atoms with Crippen LogP contribution in [0.25, 0.3) is 0 Å². The van der Waals surface area contributed by atoms with E-state index < -0.39 is 6.23 Å². The van der Waals surface area contributed by atoms with E-state index in [1.807, 2.05) is 0 Å². The number of hydrogen-bond donors (Lipinski definition) is 2. The minimum atomic E-state index is -0.638. The van der Waals surface area contributed by atoms with Crippen LogP contribution in [0.3, 0.4) is 0 Å². The standard InChI is InChI=1S/C15H30N2O/c1-6-7-11-17-14(15(18)16-5)13(4)10-8-9-12(2)3/h8,10,12-13,15-16,18H,6-7,9,11H2,1-5H3/b10-8-,17-14?/t13-,15?/m0/s1. The van der Waals surface area contributed by atoms with Gasteiger partial charge in [0.05, 0.1) is 5.71 Å². The molecule has 0 amide bonds. The maximum Gasteiger partial charge on any atom is 0.144 e. The van der Waals surface area contributed by atoms with Crippen molar-refractivity contribution >= 4 is 5.71 Å². The van der Waals surface area contributed by atoms with Gasteiger partial charge >= 0.3 is 0 Å². The molecule has 0 aromatic rings. The van der Waals surface area contributed by atoms with Crippen LogP contribution in [0.5, 0.6) is 0 Å². The van der Waals surface area contributed by atoms with Crippen LogP contribution in [0.15, 0.2) is 17.1 Å². The lowest BCUT2D eigenvalue weighted by molar-refractivity contribution is 0.209. The molecule has 0 rings (SSSR count). The van der Waals surface area contributed by atoms with Gasteiger partial charge < -0.3 is 5.11 Å². The normalized spacial score (nSPS) is 16.5. The Kier molecular flexibility index (Phi) is 9.89. The maximum absolute atomic E-state index is 9.92. The summed E-state index contributed by atoms with van der Waals surface area (Å²) in [5.74, 6) is 0.853.